The van der Waals surface area contributed by atoms with Crippen LogP contribution in [-0.4, -0.2) is 0 Å². The fraction of sp³-hybridized carbons (Fsp3) is 0.375. The van der Waals surface area contributed by atoms with E-state index in [9.17, 15) is 0 Å². The Morgan fingerprint density at radius 3 is 2.32 bits per heavy atom. The van der Waals surface area contributed by atoms with Gasteiger partial charge in [-0.25, -0.2) is 0 Å². The van der Waals surface area contributed by atoms with Crippen molar-refractivity contribution in [2.24, 2.45) is 5.84 Å². The second kappa shape index (κ2) is 5.87. The third kappa shape index (κ3) is 3.66. The van der Waals surface area contributed by atoms with E-state index < -0.39 is 0 Å². The van der Waals surface area contributed by atoms with Gasteiger partial charge in [0.15, 0.2) is 0 Å². The zero-order valence-corrected chi connectivity index (χ0v) is 12.6. The Kier molecular flexibility index (Phi) is 4.40. The van der Waals surface area contributed by atoms with Crippen molar-refractivity contribution in [3.63, 3.8) is 0 Å². The number of hydrogen-bond donors (Lipinski definition) is 2. The average molecular weight is 274 g/mol. The smallest absolute Gasteiger partial charge is 0.0593 e. The summed E-state index contributed by atoms with van der Waals surface area (Å²) < 4.78 is 0. The summed E-state index contributed by atoms with van der Waals surface area (Å²) in [7, 11) is 0. The third-order valence-electron chi connectivity index (χ3n) is 3.35. The van der Waals surface area contributed by atoms with Gasteiger partial charge in [0.25, 0.3) is 0 Å². The summed E-state index contributed by atoms with van der Waals surface area (Å²) in [6, 6.07) is 13.2. The van der Waals surface area contributed by atoms with Crippen molar-refractivity contribution in [2.75, 3.05) is 0 Å². The maximum Gasteiger partial charge on any atom is 0.0593 e. The normalized spacial score (nSPS) is 13.5. The number of thiophene rings is 1. The van der Waals surface area contributed by atoms with Gasteiger partial charge in [0.2, 0.25) is 0 Å². The van der Waals surface area contributed by atoms with Crippen LogP contribution in [0.15, 0.2) is 41.8 Å². The molecule has 0 amide bonds. The summed E-state index contributed by atoms with van der Waals surface area (Å²) in [6.07, 6.45) is 0.918. The highest BCUT2D eigenvalue weighted by Gasteiger charge is 2.15. The van der Waals surface area contributed by atoms with Gasteiger partial charge in [0.05, 0.1) is 6.04 Å². The molecule has 3 heteroatoms. The summed E-state index contributed by atoms with van der Waals surface area (Å²) >= 11 is 1.74. The number of nitrogens with one attached hydrogen (secondary N) is 1. The predicted molar refractivity (Wildman–Crippen MR) is 83.2 cm³/mol. The summed E-state index contributed by atoms with van der Waals surface area (Å²) in [5.74, 6) is 5.67. The lowest BCUT2D eigenvalue weighted by molar-refractivity contribution is 0.559. The minimum Gasteiger partial charge on any atom is -0.271 e. The molecule has 3 N–H and O–H groups in total. The van der Waals surface area contributed by atoms with Crippen LogP contribution < -0.4 is 11.3 Å². The number of hydrogen-bond acceptors (Lipinski definition) is 3. The second-order valence-corrected chi connectivity index (χ2v) is 6.86. The lowest BCUT2D eigenvalue weighted by Crippen LogP contribution is -2.28. The number of nitrogens with two attached hydrogens (primary N) is 1. The summed E-state index contributed by atoms with van der Waals surface area (Å²) in [5, 5.41) is 2.09. The molecule has 0 saturated carbocycles. The van der Waals surface area contributed by atoms with E-state index in [0.29, 0.717) is 0 Å². The van der Waals surface area contributed by atoms with Crippen molar-refractivity contribution in [3.8, 4) is 0 Å². The molecule has 0 saturated heterocycles. The number of rotatable bonds is 4. The molecule has 0 radical (unpaired) electrons. The molecule has 0 fully saturated rings. The topological polar surface area (TPSA) is 38.0 Å². The number of hydrazine groups is 1. The van der Waals surface area contributed by atoms with Crippen molar-refractivity contribution in [2.45, 2.75) is 38.6 Å². The first-order valence-corrected chi connectivity index (χ1v) is 7.47. The Labute approximate surface area is 119 Å². The van der Waals surface area contributed by atoms with E-state index in [4.69, 9.17) is 5.84 Å². The van der Waals surface area contributed by atoms with Gasteiger partial charge in [-0.2, -0.15) is 0 Å². The minimum atomic E-state index is 0.195. The van der Waals surface area contributed by atoms with Crippen LogP contribution in [0.4, 0.5) is 0 Å². The molecule has 1 aromatic carbocycles. The van der Waals surface area contributed by atoms with Crippen LogP contribution >= 0.6 is 11.3 Å². The molecule has 2 nitrogen and oxygen atoms in total. The van der Waals surface area contributed by atoms with Crippen molar-refractivity contribution in [3.05, 3.63) is 57.8 Å². The van der Waals surface area contributed by atoms with E-state index in [0.717, 1.165) is 6.42 Å². The lowest BCUT2D eigenvalue weighted by atomic mass is 9.86. The summed E-state index contributed by atoms with van der Waals surface area (Å²) in [6.45, 7) is 6.70. The molecule has 1 unspecified atom stereocenters. The van der Waals surface area contributed by atoms with Crippen LogP contribution in [0.25, 0.3) is 0 Å². The maximum atomic E-state index is 5.67. The zero-order valence-electron chi connectivity index (χ0n) is 11.8. The molecule has 1 atom stereocenters. The maximum absolute atomic E-state index is 5.67. The summed E-state index contributed by atoms with van der Waals surface area (Å²) in [4.78, 5) is 1.28. The molecule has 0 aliphatic rings. The Bertz CT molecular complexity index is 495. The van der Waals surface area contributed by atoms with E-state index in [-0.39, 0.29) is 11.5 Å². The molecule has 0 bridgehead atoms. The van der Waals surface area contributed by atoms with E-state index >= 15 is 0 Å². The van der Waals surface area contributed by atoms with Crippen LogP contribution in [0, 0.1) is 0 Å². The van der Waals surface area contributed by atoms with Crippen LogP contribution in [0.2, 0.25) is 0 Å². The van der Waals surface area contributed by atoms with Gasteiger partial charge in [-0.3, -0.25) is 11.3 Å². The molecular weight excluding hydrogens is 252 g/mol. The third-order valence-corrected chi connectivity index (χ3v) is 4.33. The Balaban J connectivity index is 2.11. The van der Waals surface area contributed by atoms with Gasteiger partial charge in [-0.1, -0.05) is 51.1 Å². The van der Waals surface area contributed by atoms with Crippen LogP contribution in [-0.2, 0) is 11.8 Å². The second-order valence-electron chi connectivity index (χ2n) is 5.89. The molecule has 0 aliphatic carbocycles. The fourth-order valence-electron chi connectivity index (χ4n) is 2.11. The Morgan fingerprint density at radius 1 is 1.16 bits per heavy atom. The quantitative estimate of drug-likeness (QED) is 0.657. The van der Waals surface area contributed by atoms with Crippen LogP contribution in [0.1, 0.15) is 42.8 Å². The molecule has 1 heterocycles. The first-order chi connectivity index (χ1) is 9.00. The molecule has 0 aliphatic heterocycles. The van der Waals surface area contributed by atoms with Crippen molar-refractivity contribution < 1.29 is 0 Å². The number of benzene rings is 1. The van der Waals surface area contributed by atoms with Crippen molar-refractivity contribution in [1.82, 2.24) is 5.43 Å². The minimum absolute atomic E-state index is 0.195. The fourth-order valence-corrected chi connectivity index (χ4v) is 2.89. The largest absolute Gasteiger partial charge is 0.271 e. The summed E-state index contributed by atoms with van der Waals surface area (Å²) in [5.41, 5.74) is 5.79. The lowest BCUT2D eigenvalue weighted by Gasteiger charge is -2.20. The van der Waals surface area contributed by atoms with Gasteiger partial charge in [0, 0.05) is 4.88 Å². The Morgan fingerprint density at radius 2 is 1.84 bits per heavy atom. The molecule has 19 heavy (non-hydrogen) atoms. The van der Waals surface area contributed by atoms with Gasteiger partial charge < -0.3 is 0 Å². The van der Waals surface area contributed by atoms with Crippen LogP contribution in [0.3, 0.4) is 0 Å². The monoisotopic (exact) mass is 274 g/mol. The van der Waals surface area contributed by atoms with Gasteiger partial charge in [0.1, 0.15) is 0 Å². The predicted octanol–water partition coefficient (Wildman–Crippen LogP) is 3.79. The first kappa shape index (κ1) is 14.3. The highest BCUT2D eigenvalue weighted by Crippen LogP contribution is 2.25. The van der Waals surface area contributed by atoms with Gasteiger partial charge in [-0.15, -0.1) is 11.3 Å². The van der Waals surface area contributed by atoms with E-state index in [1.807, 2.05) is 0 Å². The molecule has 1 aromatic heterocycles. The zero-order chi connectivity index (χ0) is 13.9. The Hall–Kier alpha value is -1.16. The van der Waals surface area contributed by atoms with Crippen LogP contribution in [0.5, 0.6) is 0 Å². The molecule has 2 rings (SSSR count). The van der Waals surface area contributed by atoms with E-state index in [1.54, 1.807) is 11.3 Å². The highest BCUT2D eigenvalue weighted by molar-refractivity contribution is 7.10. The average Bonchev–Trinajstić information content (AvgIpc) is 2.89. The van der Waals surface area contributed by atoms with Gasteiger partial charge in [-0.05, 0) is 34.4 Å². The van der Waals surface area contributed by atoms with E-state index in [1.165, 1.54) is 16.0 Å². The molecular formula is C16H22N2S. The highest BCUT2D eigenvalue weighted by atomic mass is 32.1. The van der Waals surface area contributed by atoms with Crippen molar-refractivity contribution >= 4 is 11.3 Å². The molecule has 2 aromatic rings. The molecule has 0 spiro atoms. The SMILES string of the molecule is CC(C)(C)c1ccc(CC(NN)c2cccs2)cc1. The molecule has 102 valence electrons. The first-order valence-electron chi connectivity index (χ1n) is 6.59. The van der Waals surface area contributed by atoms with Gasteiger partial charge >= 0.3 is 0 Å². The standard InChI is InChI=1S/C16H22N2S/c1-16(2,3)13-8-6-12(7-9-13)11-14(18-17)15-5-4-10-19-15/h4-10,14,18H,11,17H2,1-3H3. The van der Waals surface area contributed by atoms with E-state index in [2.05, 4.69) is 68.0 Å². The van der Waals surface area contributed by atoms with Crippen molar-refractivity contribution in [1.29, 1.82) is 0 Å².